The Balaban J connectivity index is 2.07. The average molecular weight is 240 g/mol. The fourth-order valence-corrected chi connectivity index (χ4v) is 2.93. The lowest BCUT2D eigenvalue weighted by molar-refractivity contribution is 0.323. The molecule has 0 saturated carbocycles. The number of hydrogen-bond acceptors (Lipinski definition) is 2. The quantitative estimate of drug-likeness (QED) is 0.604. The molecule has 2 heteroatoms. The van der Waals surface area contributed by atoms with Gasteiger partial charge in [0.15, 0.2) is 0 Å². The van der Waals surface area contributed by atoms with E-state index in [-0.39, 0.29) is 0 Å². The minimum absolute atomic E-state index is 0.423. The Bertz CT molecular complexity index is 183. The Morgan fingerprint density at radius 3 is 2.71 bits per heavy atom. The van der Waals surface area contributed by atoms with Crippen LogP contribution in [0.1, 0.15) is 65.7 Å². The van der Waals surface area contributed by atoms with E-state index in [1.807, 2.05) is 0 Å². The minimum Gasteiger partial charge on any atom is -0.315 e. The van der Waals surface area contributed by atoms with Crippen LogP contribution in [-0.2, 0) is 0 Å². The van der Waals surface area contributed by atoms with Crippen LogP contribution in [0.3, 0.4) is 0 Å². The Morgan fingerprint density at radius 2 is 2.12 bits per heavy atom. The van der Waals surface area contributed by atoms with Gasteiger partial charge in [0.1, 0.15) is 0 Å². The molecule has 0 radical (unpaired) electrons. The third kappa shape index (κ3) is 5.87. The van der Waals surface area contributed by atoms with E-state index in [4.69, 9.17) is 0 Å². The van der Waals surface area contributed by atoms with Crippen LogP contribution < -0.4 is 10.6 Å². The summed E-state index contributed by atoms with van der Waals surface area (Å²) in [4.78, 5) is 0. The molecule has 1 atom stereocenters. The van der Waals surface area contributed by atoms with Crippen LogP contribution in [0, 0.1) is 5.92 Å². The Hall–Kier alpha value is -0.0800. The van der Waals surface area contributed by atoms with Gasteiger partial charge in [0.25, 0.3) is 0 Å². The highest BCUT2D eigenvalue weighted by Gasteiger charge is 2.31. The number of unbranched alkanes of at least 4 members (excludes halogenated alkanes) is 1. The van der Waals surface area contributed by atoms with E-state index in [1.54, 1.807) is 0 Å². The van der Waals surface area contributed by atoms with Gasteiger partial charge in [0, 0.05) is 12.1 Å². The molecular weight excluding hydrogens is 208 g/mol. The van der Waals surface area contributed by atoms with Gasteiger partial charge in [-0.05, 0) is 44.7 Å². The highest BCUT2D eigenvalue weighted by Crippen LogP contribution is 2.23. The van der Waals surface area contributed by atoms with Gasteiger partial charge in [-0.25, -0.2) is 0 Å². The van der Waals surface area contributed by atoms with Crippen LogP contribution >= 0.6 is 0 Å². The fraction of sp³-hybridized carbons (Fsp3) is 1.00. The highest BCUT2D eigenvalue weighted by atomic mass is 15.1. The molecule has 102 valence electrons. The molecule has 1 heterocycles. The molecule has 0 aromatic rings. The van der Waals surface area contributed by atoms with Crippen LogP contribution in [0.4, 0.5) is 0 Å². The molecule has 0 spiro atoms. The third-order valence-electron chi connectivity index (χ3n) is 3.91. The molecule has 1 aliphatic heterocycles. The van der Waals surface area contributed by atoms with E-state index in [0.29, 0.717) is 5.54 Å². The third-order valence-corrected chi connectivity index (χ3v) is 3.91. The van der Waals surface area contributed by atoms with Crippen molar-refractivity contribution in [1.82, 2.24) is 10.6 Å². The maximum absolute atomic E-state index is 3.72. The van der Waals surface area contributed by atoms with Gasteiger partial charge in [0.2, 0.25) is 0 Å². The summed E-state index contributed by atoms with van der Waals surface area (Å²) in [6.07, 6.45) is 9.42. The second-order valence-corrected chi connectivity index (χ2v) is 6.13. The lowest BCUT2D eigenvalue weighted by atomic mass is 9.92. The zero-order valence-corrected chi connectivity index (χ0v) is 12.1. The lowest BCUT2D eigenvalue weighted by Crippen LogP contribution is -2.48. The van der Waals surface area contributed by atoms with Crippen molar-refractivity contribution < 1.29 is 0 Å². The number of nitrogens with one attached hydrogen (secondary N) is 2. The van der Waals surface area contributed by atoms with Crippen molar-refractivity contribution in [2.75, 3.05) is 19.6 Å². The van der Waals surface area contributed by atoms with Crippen molar-refractivity contribution >= 4 is 0 Å². The normalized spacial score (nSPS) is 24.7. The van der Waals surface area contributed by atoms with Crippen molar-refractivity contribution in [3.63, 3.8) is 0 Å². The summed E-state index contributed by atoms with van der Waals surface area (Å²) in [6, 6.07) is 0. The van der Waals surface area contributed by atoms with Crippen molar-refractivity contribution in [3.8, 4) is 0 Å². The van der Waals surface area contributed by atoms with E-state index in [1.165, 1.54) is 64.6 Å². The van der Waals surface area contributed by atoms with Crippen molar-refractivity contribution in [2.45, 2.75) is 71.3 Å². The van der Waals surface area contributed by atoms with Crippen LogP contribution in [0.15, 0.2) is 0 Å². The van der Waals surface area contributed by atoms with Gasteiger partial charge in [-0.2, -0.15) is 0 Å². The summed E-state index contributed by atoms with van der Waals surface area (Å²) in [5, 5.41) is 7.38. The van der Waals surface area contributed by atoms with E-state index >= 15 is 0 Å². The molecule has 1 rings (SSSR count). The smallest absolute Gasteiger partial charge is 0.0306 e. The second kappa shape index (κ2) is 8.10. The summed E-state index contributed by atoms with van der Waals surface area (Å²) in [5.74, 6) is 0.859. The largest absolute Gasteiger partial charge is 0.315 e. The first kappa shape index (κ1) is 15.0. The highest BCUT2D eigenvalue weighted by molar-refractivity contribution is 4.94. The van der Waals surface area contributed by atoms with Gasteiger partial charge in [-0.1, -0.05) is 40.0 Å². The van der Waals surface area contributed by atoms with Crippen LogP contribution in [0.25, 0.3) is 0 Å². The predicted molar refractivity (Wildman–Crippen MR) is 76.4 cm³/mol. The summed E-state index contributed by atoms with van der Waals surface area (Å²) in [6.45, 7) is 10.5. The van der Waals surface area contributed by atoms with E-state index in [9.17, 15) is 0 Å². The maximum Gasteiger partial charge on any atom is 0.0306 e. The van der Waals surface area contributed by atoms with Crippen LogP contribution in [0.2, 0.25) is 0 Å². The lowest BCUT2D eigenvalue weighted by Gasteiger charge is -2.29. The second-order valence-electron chi connectivity index (χ2n) is 6.13. The van der Waals surface area contributed by atoms with Gasteiger partial charge in [-0.15, -0.1) is 0 Å². The van der Waals surface area contributed by atoms with Crippen LogP contribution in [0.5, 0.6) is 0 Å². The molecule has 1 saturated heterocycles. The molecule has 0 aliphatic carbocycles. The van der Waals surface area contributed by atoms with E-state index in [0.717, 1.165) is 5.92 Å². The van der Waals surface area contributed by atoms with E-state index in [2.05, 4.69) is 31.4 Å². The molecular formula is C15H32N2. The monoisotopic (exact) mass is 240 g/mol. The van der Waals surface area contributed by atoms with Crippen molar-refractivity contribution in [2.24, 2.45) is 5.92 Å². The maximum atomic E-state index is 3.72. The Kier molecular flexibility index (Phi) is 7.14. The van der Waals surface area contributed by atoms with Gasteiger partial charge in [-0.3, -0.25) is 0 Å². The summed E-state index contributed by atoms with van der Waals surface area (Å²) < 4.78 is 0. The van der Waals surface area contributed by atoms with Gasteiger partial charge < -0.3 is 10.6 Å². The minimum atomic E-state index is 0.423. The first-order valence-corrected chi connectivity index (χ1v) is 7.64. The van der Waals surface area contributed by atoms with E-state index < -0.39 is 0 Å². The molecule has 17 heavy (non-hydrogen) atoms. The van der Waals surface area contributed by atoms with Crippen molar-refractivity contribution in [1.29, 1.82) is 0 Å². The molecule has 0 aromatic carbocycles. The molecule has 1 fully saturated rings. The van der Waals surface area contributed by atoms with Crippen molar-refractivity contribution in [3.05, 3.63) is 0 Å². The van der Waals surface area contributed by atoms with Gasteiger partial charge in [0.05, 0.1) is 0 Å². The summed E-state index contributed by atoms with van der Waals surface area (Å²) >= 11 is 0. The molecule has 0 aromatic heterocycles. The molecule has 0 amide bonds. The first-order chi connectivity index (χ1) is 8.18. The Labute approximate surface area is 108 Å². The summed E-state index contributed by atoms with van der Waals surface area (Å²) in [5.41, 5.74) is 0.423. The molecule has 2 nitrogen and oxygen atoms in total. The molecule has 1 aliphatic rings. The zero-order chi connectivity index (χ0) is 12.6. The number of rotatable bonds is 9. The summed E-state index contributed by atoms with van der Waals surface area (Å²) in [7, 11) is 0. The topological polar surface area (TPSA) is 24.1 Å². The zero-order valence-electron chi connectivity index (χ0n) is 12.1. The molecule has 2 N–H and O–H groups in total. The SMILES string of the molecule is CCCC1(CNCCCCC(C)C)CCCN1. The molecule has 1 unspecified atom stereocenters. The van der Waals surface area contributed by atoms with Gasteiger partial charge >= 0.3 is 0 Å². The predicted octanol–water partition coefficient (Wildman–Crippen LogP) is 3.32. The fourth-order valence-electron chi connectivity index (χ4n) is 2.93. The Morgan fingerprint density at radius 1 is 1.29 bits per heavy atom. The first-order valence-electron chi connectivity index (χ1n) is 7.64. The standard InChI is InChI=1S/C15H32N2/c1-4-9-15(10-7-12-17-15)13-16-11-6-5-8-14(2)3/h14,16-17H,4-13H2,1-3H3. The number of hydrogen-bond donors (Lipinski definition) is 2. The average Bonchev–Trinajstić information content (AvgIpc) is 2.72. The van der Waals surface area contributed by atoms with Crippen LogP contribution in [-0.4, -0.2) is 25.2 Å². The molecule has 0 bridgehead atoms.